The molecule has 75 heavy (non-hydrogen) atoms. The normalized spacial score (nSPS) is 14.3. The van der Waals surface area contributed by atoms with Gasteiger partial charge < -0.3 is 19.8 Å². The van der Waals surface area contributed by atoms with Crippen molar-refractivity contribution in [3.05, 3.63) is 72.9 Å². The number of carbonyl (C=O) groups excluding carboxylic acids is 1. The van der Waals surface area contributed by atoms with Crippen LogP contribution < -0.4 is 5.32 Å². The van der Waals surface area contributed by atoms with Gasteiger partial charge in [0.15, 0.2) is 0 Å². The molecule has 0 aromatic carbocycles. The second kappa shape index (κ2) is 56.7. The first-order chi connectivity index (χ1) is 36.5. The third kappa shape index (κ3) is 59.4. The lowest BCUT2D eigenvalue weighted by Gasteiger charge is -2.25. The second-order valence-electron chi connectivity index (χ2n) is 22.7. The molecule has 3 N–H and O–H groups in total. The number of quaternary nitrogens is 1. The Morgan fingerprint density at radius 3 is 1.23 bits per heavy atom. The van der Waals surface area contributed by atoms with Crippen molar-refractivity contribution in [1.29, 1.82) is 0 Å². The molecule has 0 aliphatic carbocycles. The van der Waals surface area contributed by atoms with E-state index in [-0.39, 0.29) is 19.1 Å². The molecule has 438 valence electrons. The molecule has 0 rings (SSSR count). The van der Waals surface area contributed by atoms with E-state index in [2.05, 4.69) is 79.9 Å². The SMILES string of the molecule is CC/C=C\C/C=C\C/C=C\C/C=C\CCCCCCCCCCC(=O)NC(COP(=O)(O)OCC[N+](C)(C)C)C(O)/C=C/CC/C=C/CCCCCCCCCCCCCCCCCCCCCCCCCCCC. The number of carbonyl (C=O) groups is 1. The highest BCUT2D eigenvalue weighted by molar-refractivity contribution is 7.47. The van der Waals surface area contributed by atoms with E-state index >= 15 is 0 Å². The van der Waals surface area contributed by atoms with Crippen LogP contribution in [0.3, 0.4) is 0 Å². The molecule has 1 amide bonds. The molecular weight excluding hydrogens is 948 g/mol. The van der Waals surface area contributed by atoms with Gasteiger partial charge in [0.05, 0.1) is 39.9 Å². The van der Waals surface area contributed by atoms with Crippen LogP contribution in [-0.2, 0) is 18.4 Å². The fourth-order valence-corrected chi connectivity index (χ4v) is 9.96. The van der Waals surface area contributed by atoms with Crippen LogP contribution in [0.5, 0.6) is 0 Å². The number of rotatable bonds is 58. The Kier molecular flexibility index (Phi) is 55.1. The van der Waals surface area contributed by atoms with Gasteiger partial charge >= 0.3 is 7.82 Å². The van der Waals surface area contributed by atoms with Crippen molar-refractivity contribution in [3.63, 3.8) is 0 Å². The minimum Gasteiger partial charge on any atom is -0.387 e. The minimum atomic E-state index is -4.36. The van der Waals surface area contributed by atoms with Crippen molar-refractivity contribution in [2.75, 3.05) is 40.9 Å². The Morgan fingerprint density at radius 1 is 0.467 bits per heavy atom. The fraction of sp³-hybridized carbons (Fsp3) is 0.803. The Balaban J connectivity index is 4.16. The van der Waals surface area contributed by atoms with E-state index in [1.165, 1.54) is 199 Å². The molecule has 0 bridgehead atoms. The molecule has 9 heteroatoms. The molecule has 3 unspecified atom stereocenters. The van der Waals surface area contributed by atoms with Gasteiger partial charge in [-0.25, -0.2) is 4.57 Å². The predicted octanol–water partition coefficient (Wildman–Crippen LogP) is 19.8. The molecule has 8 nitrogen and oxygen atoms in total. The first-order valence-electron chi connectivity index (χ1n) is 31.8. The average Bonchev–Trinajstić information content (AvgIpc) is 3.37. The standard InChI is InChI=1S/C66H123N2O6P/c1-6-8-10-12-14-16-18-20-22-24-26-28-29-30-31-32-33-34-35-36-37-38-40-41-43-45-47-49-51-53-55-57-59-65(69)64(63-74-75(71,72)73-62-61-68(3,4)5)67-66(70)60-58-56-54-52-50-48-46-44-42-39-27-25-23-21-19-17-15-13-11-9-7-2/h9,11,15,17,21,23,27,39,49,51,57,59,64-65,69H,6-8,10,12-14,16,18-20,22,24-26,28-38,40-48,50,52-56,58,60-63H2,1-5H3,(H-,67,70,71,72)/p+1/b11-9-,17-15-,23-21-,39-27-,51-49+,59-57+. The lowest BCUT2D eigenvalue weighted by Crippen LogP contribution is -2.45. The zero-order valence-corrected chi connectivity index (χ0v) is 50.9. The summed E-state index contributed by atoms with van der Waals surface area (Å²) in [5, 5.41) is 13.9. The Labute approximate surface area is 465 Å². The van der Waals surface area contributed by atoms with Gasteiger partial charge in [-0.15, -0.1) is 0 Å². The van der Waals surface area contributed by atoms with Crippen LogP contribution in [0.25, 0.3) is 0 Å². The molecule has 0 aliphatic heterocycles. The van der Waals surface area contributed by atoms with Gasteiger partial charge in [-0.3, -0.25) is 13.8 Å². The first kappa shape index (κ1) is 72.9. The number of nitrogens with one attached hydrogen (secondary N) is 1. The second-order valence-corrected chi connectivity index (χ2v) is 24.2. The maximum Gasteiger partial charge on any atom is 0.472 e. The molecule has 3 atom stereocenters. The Hall–Kier alpha value is -2.06. The molecule has 0 spiro atoms. The Bertz CT molecular complexity index is 1450. The van der Waals surface area contributed by atoms with Crippen molar-refractivity contribution in [1.82, 2.24) is 5.32 Å². The van der Waals surface area contributed by atoms with Crippen molar-refractivity contribution in [2.24, 2.45) is 0 Å². The number of aliphatic hydroxyl groups is 1. The van der Waals surface area contributed by atoms with Crippen LogP contribution in [0.1, 0.15) is 290 Å². The van der Waals surface area contributed by atoms with Crippen LogP contribution in [0, 0.1) is 0 Å². The highest BCUT2D eigenvalue weighted by atomic mass is 31.2. The van der Waals surface area contributed by atoms with Crippen molar-refractivity contribution in [2.45, 2.75) is 302 Å². The number of hydrogen-bond acceptors (Lipinski definition) is 5. The van der Waals surface area contributed by atoms with E-state index in [0.717, 1.165) is 70.6 Å². The van der Waals surface area contributed by atoms with E-state index < -0.39 is 20.0 Å². The third-order valence-electron chi connectivity index (χ3n) is 14.2. The monoisotopic (exact) mass is 1070 g/mol. The summed E-state index contributed by atoms with van der Waals surface area (Å²) in [5.41, 5.74) is 0. The van der Waals surface area contributed by atoms with Gasteiger partial charge in [-0.1, -0.05) is 286 Å². The van der Waals surface area contributed by atoms with Crippen LogP contribution in [0.2, 0.25) is 0 Å². The zero-order valence-electron chi connectivity index (χ0n) is 50.0. The van der Waals surface area contributed by atoms with E-state index in [0.29, 0.717) is 17.4 Å². The summed E-state index contributed by atoms with van der Waals surface area (Å²) in [6, 6.07) is -0.873. The summed E-state index contributed by atoms with van der Waals surface area (Å²) in [6.07, 6.45) is 78.9. The summed E-state index contributed by atoms with van der Waals surface area (Å²) >= 11 is 0. The predicted molar refractivity (Wildman–Crippen MR) is 327 cm³/mol. The van der Waals surface area contributed by atoms with E-state index in [4.69, 9.17) is 9.05 Å². The van der Waals surface area contributed by atoms with Crippen LogP contribution >= 0.6 is 7.82 Å². The van der Waals surface area contributed by atoms with E-state index in [9.17, 15) is 19.4 Å². The minimum absolute atomic E-state index is 0.0516. The fourth-order valence-electron chi connectivity index (χ4n) is 9.23. The smallest absolute Gasteiger partial charge is 0.387 e. The largest absolute Gasteiger partial charge is 0.472 e. The summed E-state index contributed by atoms with van der Waals surface area (Å²) in [5.74, 6) is -0.195. The van der Waals surface area contributed by atoms with Crippen molar-refractivity contribution < 1.29 is 32.9 Å². The van der Waals surface area contributed by atoms with Crippen molar-refractivity contribution in [3.8, 4) is 0 Å². The van der Waals surface area contributed by atoms with Gasteiger partial charge in [0.1, 0.15) is 13.2 Å². The van der Waals surface area contributed by atoms with E-state index in [1.54, 1.807) is 6.08 Å². The average molecular weight is 1070 g/mol. The number of phosphoric acid groups is 1. The topological polar surface area (TPSA) is 105 Å². The lowest BCUT2D eigenvalue weighted by molar-refractivity contribution is -0.870. The third-order valence-corrected chi connectivity index (χ3v) is 15.1. The summed E-state index contributed by atoms with van der Waals surface area (Å²) in [4.78, 5) is 23.3. The quantitative estimate of drug-likeness (QED) is 0.0243. The first-order valence-corrected chi connectivity index (χ1v) is 33.3. The zero-order chi connectivity index (χ0) is 54.9. The molecule has 0 saturated carbocycles. The molecule has 0 saturated heterocycles. The number of hydrogen-bond donors (Lipinski definition) is 3. The number of phosphoric ester groups is 1. The number of aliphatic hydroxyl groups excluding tert-OH is 1. The summed E-state index contributed by atoms with van der Waals surface area (Å²) in [6.45, 7) is 4.70. The maximum absolute atomic E-state index is 13.0. The molecule has 0 aliphatic rings. The van der Waals surface area contributed by atoms with Crippen LogP contribution in [0.4, 0.5) is 0 Å². The number of amides is 1. The summed E-state index contributed by atoms with van der Waals surface area (Å²) in [7, 11) is 1.55. The highest BCUT2D eigenvalue weighted by Crippen LogP contribution is 2.43. The molecule has 0 radical (unpaired) electrons. The number of nitrogens with zero attached hydrogens (tertiary/aromatic N) is 1. The van der Waals surface area contributed by atoms with Gasteiger partial charge in [-0.2, -0.15) is 0 Å². The van der Waals surface area contributed by atoms with Gasteiger partial charge in [-0.05, 0) is 70.6 Å². The number of likely N-dealkylation sites (N-methyl/N-ethyl adjacent to an activating group) is 1. The van der Waals surface area contributed by atoms with E-state index in [1.807, 2.05) is 27.2 Å². The lowest BCUT2D eigenvalue weighted by atomic mass is 10.0. The van der Waals surface area contributed by atoms with Gasteiger partial charge in [0.25, 0.3) is 0 Å². The molecule has 0 heterocycles. The van der Waals surface area contributed by atoms with Crippen LogP contribution in [-0.4, -0.2) is 73.4 Å². The maximum atomic E-state index is 13.0. The van der Waals surface area contributed by atoms with Crippen molar-refractivity contribution >= 4 is 13.7 Å². The molecule has 0 fully saturated rings. The van der Waals surface area contributed by atoms with Gasteiger partial charge in [0.2, 0.25) is 5.91 Å². The molecule has 0 aromatic heterocycles. The highest BCUT2D eigenvalue weighted by Gasteiger charge is 2.27. The summed E-state index contributed by atoms with van der Waals surface area (Å²) < 4.78 is 23.7. The molecule has 0 aromatic rings. The van der Waals surface area contributed by atoms with Crippen LogP contribution in [0.15, 0.2) is 72.9 Å². The Morgan fingerprint density at radius 2 is 0.813 bits per heavy atom. The van der Waals surface area contributed by atoms with Gasteiger partial charge in [0, 0.05) is 6.42 Å². The number of unbranched alkanes of at least 4 members (excludes halogenated alkanes) is 35. The molecular formula is C66H124N2O6P+. The number of allylic oxidation sites excluding steroid dienone is 11.